The molecule has 0 aromatic heterocycles. The van der Waals surface area contributed by atoms with Crippen LogP contribution in [-0.2, 0) is 9.53 Å². The smallest absolute Gasteiger partial charge is 0.305 e. The maximum Gasteiger partial charge on any atom is 0.305 e. The van der Waals surface area contributed by atoms with Crippen molar-refractivity contribution < 1.29 is 9.53 Å². The zero-order valence-electron chi connectivity index (χ0n) is 21.9. The second-order valence-electron chi connectivity index (χ2n) is 9.94. The van der Waals surface area contributed by atoms with Crippen molar-refractivity contribution >= 4 is 5.97 Å². The number of ether oxygens (including phenoxy) is 1. The largest absolute Gasteiger partial charge is 0.469 e. The summed E-state index contributed by atoms with van der Waals surface area (Å²) in [6.45, 7) is 4.57. The molecule has 0 radical (unpaired) electrons. The molecule has 2 heteroatoms. The standard InChI is InChI=1S/C29H58O2/c1-4-6-8-10-12-14-16-18-20-22-24-26-28(27-29(30)31-3)25-23-21-19-17-15-13-11-9-7-5-2/h28H,4-27H2,1-3H3. The Kier molecular flexibility index (Phi) is 25.3. The van der Waals surface area contributed by atoms with E-state index in [4.69, 9.17) is 4.74 Å². The maximum absolute atomic E-state index is 11.8. The highest BCUT2D eigenvalue weighted by Crippen LogP contribution is 2.23. The molecule has 0 heterocycles. The zero-order valence-corrected chi connectivity index (χ0v) is 21.9. The van der Waals surface area contributed by atoms with Gasteiger partial charge in [0.15, 0.2) is 0 Å². The fourth-order valence-corrected chi connectivity index (χ4v) is 4.69. The Balaban J connectivity index is 3.66. The van der Waals surface area contributed by atoms with Crippen LogP contribution in [0.3, 0.4) is 0 Å². The van der Waals surface area contributed by atoms with Gasteiger partial charge in [0, 0.05) is 6.42 Å². The fourth-order valence-electron chi connectivity index (χ4n) is 4.69. The summed E-state index contributed by atoms with van der Waals surface area (Å²) in [5.41, 5.74) is 0. The lowest BCUT2D eigenvalue weighted by atomic mass is 9.91. The second kappa shape index (κ2) is 25.7. The van der Waals surface area contributed by atoms with E-state index in [0.29, 0.717) is 12.3 Å². The second-order valence-corrected chi connectivity index (χ2v) is 9.94. The van der Waals surface area contributed by atoms with E-state index >= 15 is 0 Å². The van der Waals surface area contributed by atoms with Gasteiger partial charge < -0.3 is 4.74 Å². The van der Waals surface area contributed by atoms with E-state index in [0.717, 1.165) is 0 Å². The van der Waals surface area contributed by atoms with Crippen molar-refractivity contribution in [1.82, 2.24) is 0 Å². The lowest BCUT2D eigenvalue weighted by Gasteiger charge is -2.15. The first-order valence-electron chi connectivity index (χ1n) is 14.3. The molecule has 0 aromatic rings. The van der Waals surface area contributed by atoms with Crippen LogP contribution >= 0.6 is 0 Å². The summed E-state index contributed by atoms with van der Waals surface area (Å²) in [5.74, 6) is 0.528. The van der Waals surface area contributed by atoms with E-state index in [1.54, 1.807) is 0 Å². The lowest BCUT2D eigenvalue weighted by Crippen LogP contribution is -2.10. The van der Waals surface area contributed by atoms with Crippen LogP contribution in [0.2, 0.25) is 0 Å². The molecule has 186 valence electrons. The first kappa shape index (κ1) is 30.5. The number of carbonyl (C=O) groups is 1. The molecule has 0 rings (SSSR count). The van der Waals surface area contributed by atoms with Gasteiger partial charge in [-0.2, -0.15) is 0 Å². The Morgan fingerprint density at radius 2 is 0.806 bits per heavy atom. The van der Waals surface area contributed by atoms with Gasteiger partial charge in [0.1, 0.15) is 0 Å². The van der Waals surface area contributed by atoms with E-state index in [2.05, 4.69) is 13.8 Å². The Labute approximate surface area is 196 Å². The highest BCUT2D eigenvalue weighted by atomic mass is 16.5. The summed E-state index contributed by atoms with van der Waals surface area (Å²) in [7, 11) is 1.53. The van der Waals surface area contributed by atoms with E-state index < -0.39 is 0 Å². The van der Waals surface area contributed by atoms with Crippen molar-refractivity contribution in [3.63, 3.8) is 0 Å². The van der Waals surface area contributed by atoms with E-state index in [1.165, 1.54) is 155 Å². The van der Waals surface area contributed by atoms with Gasteiger partial charge in [-0.25, -0.2) is 0 Å². The van der Waals surface area contributed by atoms with Gasteiger partial charge >= 0.3 is 5.97 Å². The molecule has 31 heavy (non-hydrogen) atoms. The van der Waals surface area contributed by atoms with Crippen molar-refractivity contribution in [2.24, 2.45) is 5.92 Å². The number of methoxy groups -OCH3 is 1. The van der Waals surface area contributed by atoms with Crippen LogP contribution in [0.5, 0.6) is 0 Å². The quantitative estimate of drug-likeness (QED) is 0.105. The molecule has 0 fully saturated rings. The molecule has 0 saturated carbocycles. The number of carbonyl (C=O) groups excluding carboxylic acids is 1. The van der Waals surface area contributed by atoms with Crippen LogP contribution in [-0.4, -0.2) is 13.1 Å². The molecule has 0 bridgehead atoms. The molecule has 0 N–H and O–H groups in total. The summed E-state index contributed by atoms with van der Waals surface area (Å²) >= 11 is 0. The van der Waals surface area contributed by atoms with Gasteiger partial charge in [-0.15, -0.1) is 0 Å². The first-order chi connectivity index (χ1) is 15.2. The summed E-state index contributed by atoms with van der Waals surface area (Å²) in [6.07, 6.45) is 32.1. The molecule has 1 atom stereocenters. The SMILES string of the molecule is CCCCCCCCCCCCCC(CCCCCCCCCCCC)CC(=O)OC. The van der Waals surface area contributed by atoms with E-state index in [9.17, 15) is 4.79 Å². The minimum absolute atomic E-state index is 0.0137. The van der Waals surface area contributed by atoms with Gasteiger partial charge in [-0.1, -0.05) is 149 Å². The molecule has 0 spiro atoms. The van der Waals surface area contributed by atoms with Crippen LogP contribution in [0, 0.1) is 5.92 Å². The fraction of sp³-hybridized carbons (Fsp3) is 0.966. The van der Waals surface area contributed by atoms with Gasteiger partial charge in [0.25, 0.3) is 0 Å². The average Bonchev–Trinajstić information content (AvgIpc) is 2.78. The van der Waals surface area contributed by atoms with E-state index in [1.807, 2.05) is 0 Å². The molecular weight excluding hydrogens is 380 g/mol. The summed E-state index contributed by atoms with van der Waals surface area (Å²) in [5, 5.41) is 0. The predicted molar refractivity (Wildman–Crippen MR) is 138 cm³/mol. The summed E-state index contributed by atoms with van der Waals surface area (Å²) < 4.78 is 4.95. The molecule has 0 aromatic carbocycles. The van der Waals surface area contributed by atoms with Crippen LogP contribution in [0.15, 0.2) is 0 Å². The van der Waals surface area contributed by atoms with Crippen molar-refractivity contribution in [2.45, 2.75) is 168 Å². The minimum atomic E-state index is -0.0137. The molecular formula is C29H58O2. The Morgan fingerprint density at radius 3 is 1.10 bits per heavy atom. The molecule has 0 saturated heterocycles. The Bertz CT molecular complexity index is 353. The van der Waals surface area contributed by atoms with Crippen LogP contribution < -0.4 is 0 Å². The van der Waals surface area contributed by atoms with Crippen molar-refractivity contribution in [3.8, 4) is 0 Å². The third kappa shape index (κ3) is 24.0. The van der Waals surface area contributed by atoms with Crippen molar-refractivity contribution in [3.05, 3.63) is 0 Å². The summed E-state index contributed by atoms with van der Waals surface area (Å²) in [4.78, 5) is 11.8. The Morgan fingerprint density at radius 1 is 0.516 bits per heavy atom. The van der Waals surface area contributed by atoms with Crippen molar-refractivity contribution in [1.29, 1.82) is 0 Å². The van der Waals surface area contributed by atoms with Crippen molar-refractivity contribution in [2.75, 3.05) is 7.11 Å². The van der Waals surface area contributed by atoms with E-state index in [-0.39, 0.29) is 5.97 Å². The minimum Gasteiger partial charge on any atom is -0.469 e. The lowest BCUT2D eigenvalue weighted by molar-refractivity contribution is -0.141. The highest BCUT2D eigenvalue weighted by molar-refractivity contribution is 5.69. The molecule has 2 nitrogen and oxygen atoms in total. The van der Waals surface area contributed by atoms with Crippen LogP contribution in [0.1, 0.15) is 168 Å². The number of esters is 1. The molecule has 0 aliphatic rings. The topological polar surface area (TPSA) is 26.3 Å². The molecule has 0 aliphatic carbocycles. The summed E-state index contributed by atoms with van der Waals surface area (Å²) in [6, 6.07) is 0. The number of rotatable bonds is 25. The Hall–Kier alpha value is -0.530. The molecule has 0 amide bonds. The van der Waals surface area contributed by atoms with Gasteiger partial charge in [-0.3, -0.25) is 4.79 Å². The molecule has 1 unspecified atom stereocenters. The third-order valence-electron chi connectivity index (χ3n) is 6.86. The normalized spacial score (nSPS) is 12.2. The zero-order chi connectivity index (χ0) is 22.8. The molecule has 0 aliphatic heterocycles. The number of hydrogen-bond acceptors (Lipinski definition) is 2. The van der Waals surface area contributed by atoms with Crippen LogP contribution in [0.4, 0.5) is 0 Å². The third-order valence-corrected chi connectivity index (χ3v) is 6.86. The predicted octanol–water partition coefficient (Wildman–Crippen LogP) is 10.2. The van der Waals surface area contributed by atoms with Gasteiger partial charge in [0.2, 0.25) is 0 Å². The van der Waals surface area contributed by atoms with Crippen LogP contribution in [0.25, 0.3) is 0 Å². The first-order valence-corrected chi connectivity index (χ1v) is 14.3. The number of unbranched alkanes of at least 4 members (excludes halogenated alkanes) is 19. The monoisotopic (exact) mass is 438 g/mol. The average molecular weight is 439 g/mol. The maximum atomic E-state index is 11.8. The van der Waals surface area contributed by atoms with Gasteiger partial charge in [0.05, 0.1) is 7.11 Å². The highest BCUT2D eigenvalue weighted by Gasteiger charge is 2.14. The van der Waals surface area contributed by atoms with Gasteiger partial charge in [-0.05, 0) is 18.8 Å². The number of hydrogen-bond donors (Lipinski definition) is 0.